The van der Waals surface area contributed by atoms with E-state index in [4.69, 9.17) is 9.84 Å². The predicted molar refractivity (Wildman–Crippen MR) is 37.5 cm³/mol. The van der Waals surface area contributed by atoms with Crippen LogP contribution in [0.5, 0.6) is 0 Å². The average Bonchev–Trinajstić information content (AvgIpc) is 1.89. The molecule has 0 spiro atoms. The minimum atomic E-state index is -0.413. The fraction of sp³-hybridized carbons (Fsp3) is 0.286. The Morgan fingerprint density at radius 3 is 2.80 bits per heavy atom. The topological polar surface area (TPSA) is 46.5 Å². The molecule has 0 unspecified atom stereocenters. The standard InChI is InChI=1S/C7H10O3/c1-3-10-6(2)7(9)4-5-8/h4-5,8H,2-3H2,1H3/b5-4-. The third-order valence-corrected chi connectivity index (χ3v) is 0.819. The van der Waals surface area contributed by atoms with Crippen LogP contribution in [0.15, 0.2) is 24.7 Å². The summed E-state index contributed by atoms with van der Waals surface area (Å²) in [5.74, 6) is -0.364. The summed E-state index contributed by atoms with van der Waals surface area (Å²) in [6, 6.07) is 0. The van der Waals surface area contributed by atoms with Crippen molar-refractivity contribution in [3.05, 3.63) is 24.7 Å². The molecule has 0 radical (unpaired) electrons. The van der Waals surface area contributed by atoms with Crippen LogP contribution in [0, 0.1) is 0 Å². The van der Waals surface area contributed by atoms with Gasteiger partial charge < -0.3 is 9.84 Å². The average molecular weight is 142 g/mol. The van der Waals surface area contributed by atoms with Crippen molar-refractivity contribution in [2.24, 2.45) is 0 Å². The molecule has 0 saturated heterocycles. The third kappa shape index (κ3) is 2.91. The summed E-state index contributed by atoms with van der Waals surface area (Å²) >= 11 is 0. The van der Waals surface area contributed by atoms with E-state index in [1.807, 2.05) is 0 Å². The maximum Gasteiger partial charge on any atom is 0.222 e. The molecule has 0 rings (SSSR count). The zero-order valence-corrected chi connectivity index (χ0v) is 5.83. The second kappa shape index (κ2) is 4.61. The van der Waals surface area contributed by atoms with Crippen LogP contribution in [0.25, 0.3) is 0 Å². The van der Waals surface area contributed by atoms with Crippen LogP contribution in [0.4, 0.5) is 0 Å². The fourth-order valence-electron chi connectivity index (χ4n) is 0.406. The number of rotatable bonds is 4. The van der Waals surface area contributed by atoms with Gasteiger partial charge >= 0.3 is 0 Å². The number of carbonyl (C=O) groups is 1. The SMILES string of the molecule is C=C(OCC)C(=O)/C=C\O. The minimum absolute atomic E-state index is 0.0489. The zero-order valence-electron chi connectivity index (χ0n) is 5.83. The lowest BCUT2D eigenvalue weighted by atomic mass is 10.3. The van der Waals surface area contributed by atoms with Crippen molar-refractivity contribution in [2.75, 3.05) is 6.61 Å². The van der Waals surface area contributed by atoms with Gasteiger partial charge in [0.05, 0.1) is 12.9 Å². The molecule has 0 amide bonds. The van der Waals surface area contributed by atoms with E-state index in [0.29, 0.717) is 12.9 Å². The molecule has 0 aromatic carbocycles. The number of hydrogen-bond donors (Lipinski definition) is 1. The molecule has 0 atom stereocenters. The number of aliphatic hydroxyl groups is 1. The number of carbonyl (C=O) groups excluding carboxylic acids is 1. The number of ether oxygens (including phenoxy) is 1. The van der Waals surface area contributed by atoms with Crippen LogP contribution in [0.1, 0.15) is 6.92 Å². The van der Waals surface area contributed by atoms with Gasteiger partial charge in [0.25, 0.3) is 0 Å². The van der Waals surface area contributed by atoms with Crippen molar-refractivity contribution in [3.8, 4) is 0 Å². The maximum absolute atomic E-state index is 10.7. The van der Waals surface area contributed by atoms with Gasteiger partial charge in [-0.25, -0.2) is 0 Å². The van der Waals surface area contributed by atoms with Crippen molar-refractivity contribution in [3.63, 3.8) is 0 Å². The van der Waals surface area contributed by atoms with Crippen molar-refractivity contribution in [1.29, 1.82) is 0 Å². The highest BCUT2D eigenvalue weighted by atomic mass is 16.5. The number of ketones is 1. The summed E-state index contributed by atoms with van der Waals surface area (Å²) in [6.07, 6.45) is 1.64. The van der Waals surface area contributed by atoms with Gasteiger partial charge in [-0.05, 0) is 6.92 Å². The van der Waals surface area contributed by atoms with Gasteiger partial charge in [-0.15, -0.1) is 0 Å². The molecule has 0 aromatic heterocycles. The van der Waals surface area contributed by atoms with Crippen LogP contribution in [0.3, 0.4) is 0 Å². The summed E-state index contributed by atoms with van der Waals surface area (Å²) < 4.78 is 4.75. The van der Waals surface area contributed by atoms with Crippen molar-refractivity contribution in [1.82, 2.24) is 0 Å². The maximum atomic E-state index is 10.7. The molecule has 0 aliphatic carbocycles. The molecule has 0 bridgehead atoms. The molecule has 0 aliphatic rings. The molecule has 56 valence electrons. The lowest BCUT2D eigenvalue weighted by Crippen LogP contribution is -2.01. The first-order valence-corrected chi connectivity index (χ1v) is 2.89. The van der Waals surface area contributed by atoms with E-state index >= 15 is 0 Å². The summed E-state index contributed by atoms with van der Waals surface area (Å²) in [5, 5.41) is 8.16. The Bertz CT molecular complexity index is 158. The van der Waals surface area contributed by atoms with Gasteiger partial charge in [0.15, 0.2) is 5.76 Å². The lowest BCUT2D eigenvalue weighted by molar-refractivity contribution is -0.114. The second-order valence-electron chi connectivity index (χ2n) is 1.54. The Morgan fingerprint density at radius 2 is 2.40 bits per heavy atom. The Kier molecular flexibility index (Phi) is 4.04. The molecule has 0 heterocycles. The van der Waals surface area contributed by atoms with Crippen molar-refractivity contribution >= 4 is 5.78 Å². The molecule has 3 heteroatoms. The van der Waals surface area contributed by atoms with Crippen LogP contribution in [-0.2, 0) is 9.53 Å². The van der Waals surface area contributed by atoms with Gasteiger partial charge in [0.2, 0.25) is 5.78 Å². The molecule has 0 fully saturated rings. The van der Waals surface area contributed by atoms with Gasteiger partial charge in [0, 0.05) is 6.08 Å². The Balaban J connectivity index is 3.83. The predicted octanol–water partition coefficient (Wildman–Crippen LogP) is 1.18. The monoisotopic (exact) mass is 142 g/mol. The molecule has 0 saturated carbocycles. The van der Waals surface area contributed by atoms with Gasteiger partial charge in [0.1, 0.15) is 0 Å². The quantitative estimate of drug-likeness (QED) is 0.473. The van der Waals surface area contributed by atoms with E-state index in [1.54, 1.807) is 6.92 Å². The van der Waals surface area contributed by atoms with E-state index in [1.165, 1.54) is 0 Å². The summed E-state index contributed by atoms with van der Waals surface area (Å²) in [4.78, 5) is 10.7. The van der Waals surface area contributed by atoms with Gasteiger partial charge in [-0.1, -0.05) is 6.58 Å². The van der Waals surface area contributed by atoms with E-state index in [-0.39, 0.29) is 5.76 Å². The van der Waals surface area contributed by atoms with E-state index in [0.717, 1.165) is 6.08 Å². The largest absolute Gasteiger partial charge is 0.515 e. The highest BCUT2D eigenvalue weighted by Crippen LogP contribution is 1.95. The first-order valence-electron chi connectivity index (χ1n) is 2.89. The van der Waals surface area contributed by atoms with Gasteiger partial charge in [-0.3, -0.25) is 4.79 Å². The second-order valence-corrected chi connectivity index (χ2v) is 1.54. The summed E-state index contributed by atoms with van der Waals surface area (Å²) in [5.41, 5.74) is 0. The third-order valence-electron chi connectivity index (χ3n) is 0.819. The zero-order chi connectivity index (χ0) is 7.98. The van der Waals surface area contributed by atoms with E-state index in [9.17, 15) is 4.79 Å². The van der Waals surface area contributed by atoms with Crippen molar-refractivity contribution in [2.45, 2.75) is 6.92 Å². The number of hydrogen-bond acceptors (Lipinski definition) is 3. The highest BCUT2D eigenvalue weighted by molar-refractivity contribution is 6.01. The van der Waals surface area contributed by atoms with Crippen LogP contribution in [0.2, 0.25) is 0 Å². The lowest BCUT2D eigenvalue weighted by Gasteiger charge is -2.00. The first-order chi connectivity index (χ1) is 4.72. The molecule has 3 nitrogen and oxygen atoms in total. The molecule has 0 aliphatic heterocycles. The Morgan fingerprint density at radius 1 is 1.80 bits per heavy atom. The fourth-order valence-corrected chi connectivity index (χ4v) is 0.406. The molecular weight excluding hydrogens is 132 g/mol. The normalized spacial score (nSPS) is 9.70. The van der Waals surface area contributed by atoms with Crippen LogP contribution >= 0.6 is 0 Å². The summed E-state index contributed by atoms with van der Waals surface area (Å²) in [7, 11) is 0. The molecule has 0 aromatic rings. The Hall–Kier alpha value is -1.25. The van der Waals surface area contributed by atoms with Crippen LogP contribution in [-0.4, -0.2) is 17.5 Å². The molecule has 10 heavy (non-hydrogen) atoms. The smallest absolute Gasteiger partial charge is 0.222 e. The van der Waals surface area contributed by atoms with E-state index < -0.39 is 5.78 Å². The highest BCUT2D eigenvalue weighted by Gasteiger charge is 2.01. The van der Waals surface area contributed by atoms with E-state index in [2.05, 4.69) is 6.58 Å². The first kappa shape index (κ1) is 8.75. The molecule has 1 N–H and O–H groups in total. The van der Waals surface area contributed by atoms with Gasteiger partial charge in [-0.2, -0.15) is 0 Å². The van der Waals surface area contributed by atoms with Crippen molar-refractivity contribution < 1.29 is 14.6 Å². The summed E-state index contributed by atoms with van der Waals surface area (Å²) in [6.45, 7) is 5.49. The minimum Gasteiger partial charge on any atom is -0.515 e. The Labute approximate surface area is 59.6 Å². The number of aliphatic hydroxyl groups excluding tert-OH is 1. The number of allylic oxidation sites excluding steroid dienone is 1. The molecular formula is C7H10O3. The van der Waals surface area contributed by atoms with Crippen LogP contribution < -0.4 is 0 Å².